The Morgan fingerprint density at radius 2 is 2.19 bits per heavy atom. The molecule has 0 radical (unpaired) electrons. The second kappa shape index (κ2) is 6.09. The minimum Gasteiger partial charge on any atom is -0.479 e. The standard InChI is InChI=1S/C14H21N3O3S/c1-9-11(10(2)17(3)16-9)4-5-12(18)15-14(13(19)20)6-7-21-8-14/h4-8H2,1-3H3,(H,15,18)(H,19,20)/t14-/m1/s1. The molecule has 1 atom stereocenters. The molecular formula is C14H21N3O3S. The molecule has 1 aliphatic rings. The summed E-state index contributed by atoms with van der Waals surface area (Å²) in [5.74, 6) is 0.0732. The molecule has 0 unspecified atom stereocenters. The van der Waals surface area contributed by atoms with Crippen LogP contribution in [0, 0.1) is 13.8 Å². The summed E-state index contributed by atoms with van der Waals surface area (Å²) in [5, 5.41) is 16.4. The fraction of sp³-hybridized carbons (Fsp3) is 0.643. The molecule has 116 valence electrons. The van der Waals surface area contributed by atoms with Crippen LogP contribution in [0.2, 0.25) is 0 Å². The maximum Gasteiger partial charge on any atom is 0.330 e. The number of nitrogens with zero attached hydrogens (tertiary/aromatic N) is 2. The highest BCUT2D eigenvalue weighted by Crippen LogP contribution is 2.28. The number of aromatic nitrogens is 2. The fourth-order valence-electron chi connectivity index (χ4n) is 2.63. The Bertz CT molecular complexity index is 562. The van der Waals surface area contributed by atoms with Crippen LogP contribution in [-0.4, -0.2) is 43.8 Å². The van der Waals surface area contributed by atoms with Gasteiger partial charge in [-0.2, -0.15) is 16.9 Å². The van der Waals surface area contributed by atoms with Crippen molar-refractivity contribution in [2.24, 2.45) is 7.05 Å². The first-order chi connectivity index (χ1) is 9.85. The van der Waals surface area contributed by atoms with Crippen molar-refractivity contribution in [3.8, 4) is 0 Å². The lowest BCUT2D eigenvalue weighted by Crippen LogP contribution is -2.54. The zero-order chi connectivity index (χ0) is 15.6. The van der Waals surface area contributed by atoms with Crippen molar-refractivity contribution in [1.82, 2.24) is 15.1 Å². The maximum atomic E-state index is 12.1. The predicted molar refractivity (Wildman–Crippen MR) is 81.5 cm³/mol. The Hall–Kier alpha value is -1.50. The molecule has 1 aromatic heterocycles. The van der Waals surface area contributed by atoms with Gasteiger partial charge in [0.25, 0.3) is 0 Å². The van der Waals surface area contributed by atoms with Crippen LogP contribution in [0.4, 0.5) is 0 Å². The van der Waals surface area contributed by atoms with Gasteiger partial charge in [-0.15, -0.1) is 0 Å². The molecule has 1 aliphatic heterocycles. The van der Waals surface area contributed by atoms with Crippen molar-refractivity contribution in [1.29, 1.82) is 0 Å². The first kappa shape index (κ1) is 15.9. The van der Waals surface area contributed by atoms with Gasteiger partial charge in [0.15, 0.2) is 0 Å². The van der Waals surface area contributed by atoms with E-state index < -0.39 is 11.5 Å². The number of rotatable bonds is 5. The van der Waals surface area contributed by atoms with E-state index in [-0.39, 0.29) is 12.3 Å². The van der Waals surface area contributed by atoms with Gasteiger partial charge in [0.2, 0.25) is 5.91 Å². The summed E-state index contributed by atoms with van der Waals surface area (Å²) in [7, 11) is 1.88. The van der Waals surface area contributed by atoms with Crippen LogP contribution in [-0.2, 0) is 23.1 Å². The number of amides is 1. The molecule has 0 saturated carbocycles. The van der Waals surface area contributed by atoms with Crippen molar-refractivity contribution in [2.45, 2.75) is 38.6 Å². The molecule has 2 heterocycles. The molecule has 1 aromatic rings. The number of aryl methyl sites for hydroxylation is 2. The normalized spacial score (nSPS) is 21.5. The lowest BCUT2D eigenvalue weighted by Gasteiger charge is -2.24. The third-order valence-corrected chi connectivity index (χ3v) is 5.26. The minimum absolute atomic E-state index is 0.206. The van der Waals surface area contributed by atoms with E-state index in [1.54, 1.807) is 16.4 Å². The number of carbonyl (C=O) groups is 2. The van der Waals surface area contributed by atoms with Crippen LogP contribution in [0.25, 0.3) is 0 Å². The molecule has 1 amide bonds. The predicted octanol–water partition coefficient (Wildman–Crippen LogP) is 1.05. The molecule has 0 spiro atoms. The topological polar surface area (TPSA) is 84.2 Å². The summed E-state index contributed by atoms with van der Waals surface area (Å²) < 4.78 is 1.80. The molecule has 0 bridgehead atoms. The van der Waals surface area contributed by atoms with Gasteiger partial charge >= 0.3 is 5.97 Å². The highest BCUT2D eigenvalue weighted by atomic mass is 32.2. The summed E-state index contributed by atoms with van der Waals surface area (Å²) in [6, 6.07) is 0. The van der Waals surface area contributed by atoms with E-state index >= 15 is 0 Å². The van der Waals surface area contributed by atoms with Crippen LogP contribution in [0.5, 0.6) is 0 Å². The van der Waals surface area contributed by atoms with Crippen molar-refractivity contribution in [2.75, 3.05) is 11.5 Å². The van der Waals surface area contributed by atoms with Gasteiger partial charge in [0.1, 0.15) is 5.54 Å². The lowest BCUT2D eigenvalue weighted by molar-refractivity contribution is -0.146. The lowest BCUT2D eigenvalue weighted by atomic mass is 9.98. The van der Waals surface area contributed by atoms with Crippen molar-refractivity contribution >= 4 is 23.6 Å². The number of thioether (sulfide) groups is 1. The quantitative estimate of drug-likeness (QED) is 0.849. The van der Waals surface area contributed by atoms with Gasteiger partial charge in [0.05, 0.1) is 5.69 Å². The van der Waals surface area contributed by atoms with Gasteiger partial charge in [-0.3, -0.25) is 9.48 Å². The monoisotopic (exact) mass is 311 g/mol. The summed E-state index contributed by atoms with van der Waals surface area (Å²) in [5.41, 5.74) is 1.95. The highest BCUT2D eigenvalue weighted by Gasteiger charge is 2.43. The van der Waals surface area contributed by atoms with E-state index in [0.717, 1.165) is 22.7 Å². The molecule has 1 saturated heterocycles. The van der Waals surface area contributed by atoms with E-state index in [9.17, 15) is 14.7 Å². The van der Waals surface area contributed by atoms with Crippen LogP contribution >= 0.6 is 11.8 Å². The molecule has 2 N–H and O–H groups in total. The Morgan fingerprint density at radius 3 is 2.67 bits per heavy atom. The Kier molecular flexibility index (Phi) is 4.61. The first-order valence-corrected chi connectivity index (χ1v) is 8.12. The second-order valence-electron chi connectivity index (χ2n) is 5.51. The van der Waals surface area contributed by atoms with Gasteiger partial charge < -0.3 is 10.4 Å². The number of hydrogen-bond donors (Lipinski definition) is 2. The summed E-state index contributed by atoms with van der Waals surface area (Å²) in [6.07, 6.45) is 1.36. The van der Waals surface area contributed by atoms with Crippen molar-refractivity contribution in [3.63, 3.8) is 0 Å². The molecule has 0 aliphatic carbocycles. The SMILES string of the molecule is Cc1nn(C)c(C)c1CCC(=O)N[C@]1(C(=O)O)CCSC1. The average molecular weight is 311 g/mol. The average Bonchev–Trinajstić information content (AvgIpc) is 2.96. The van der Waals surface area contributed by atoms with Crippen molar-refractivity contribution < 1.29 is 14.7 Å². The number of hydrogen-bond acceptors (Lipinski definition) is 4. The van der Waals surface area contributed by atoms with E-state index in [0.29, 0.717) is 18.6 Å². The largest absolute Gasteiger partial charge is 0.479 e. The molecular weight excluding hydrogens is 290 g/mol. The van der Waals surface area contributed by atoms with E-state index in [1.165, 1.54) is 0 Å². The molecule has 2 rings (SSSR count). The van der Waals surface area contributed by atoms with Gasteiger partial charge in [0, 0.05) is 24.9 Å². The summed E-state index contributed by atoms with van der Waals surface area (Å²) >= 11 is 1.57. The molecule has 7 heteroatoms. The van der Waals surface area contributed by atoms with Crippen LogP contribution in [0.3, 0.4) is 0 Å². The smallest absolute Gasteiger partial charge is 0.330 e. The zero-order valence-electron chi connectivity index (χ0n) is 12.6. The molecule has 21 heavy (non-hydrogen) atoms. The van der Waals surface area contributed by atoms with Gasteiger partial charge in [-0.05, 0) is 38.0 Å². The number of aliphatic carboxylic acids is 1. The minimum atomic E-state index is -1.08. The Balaban J connectivity index is 1.97. The Labute approximate surface area is 128 Å². The van der Waals surface area contributed by atoms with E-state index in [4.69, 9.17) is 0 Å². The second-order valence-corrected chi connectivity index (χ2v) is 6.62. The molecule has 6 nitrogen and oxygen atoms in total. The van der Waals surface area contributed by atoms with E-state index in [1.807, 2.05) is 20.9 Å². The maximum absolute atomic E-state index is 12.1. The number of carbonyl (C=O) groups excluding carboxylic acids is 1. The third-order valence-electron chi connectivity index (χ3n) is 4.07. The van der Waals surface area contributed by atoms with Crippen LogP contribution in [0.15, 0.2) is 0 Å². The van der Waals surface area contributed by atoms with E-state index in [2.05, 4.69) is 10.4 Å². The van der Waals surface area contributed by atoms with Gasteiger partial charge in [-0.25, -0.2) is 4.79 Å². The van der Waals surface area contributed by atoms with Gasteiger partial charge in [-0.1, -0.05) is 0 Å². The highest BCUT2D eigenvalue weighted by molar-refractivity contribution is 7.99. The third kappa shape index (κ3) is 3.23. The number of nitrogens with one attached hydrogen (secondary N) is 1. The first-order valence-electron chi connectivity index (χ1n) is 6.97. The summed E-state index contributed by atoms with van der Waals surface area (Å²) in [4.78, 5) is 23.5. The van der Waals surface area contributed by atoms with Crippen LogP contribution < -0.4 is 5.32 Å². The molecule has 0 aromatic carbocycles. The Morgan fingerprint density at radius 1 is 1.48 bits per heavy atom. The number of carboxylic acid groups (broad SMARTS) is 1. The fourth-order valence-corrected chi connectivity index (χ4v) is 3.96. The zero-order valence-corrected chi connectivity index (χ0v) is 13.4. The number of carboxylic acids is 1. The summed E-state index contributed by atoms with van der Waals surface area (Å²) in [6.45, 7) is 3.90. The molecule has 1 fully saturated rings. The van der Waals surface area contributed by atoms with Crippen molar-refractivity contribution in [3.05, 3.63) is 17.0 Å². The van der Waals surface area contributed by atoms with Crippen LogP contribution in [0.1, 0.15) is 29.8 Å².